The van der Waals surface area contributed by atoms with Gasteiger partial charge >= 0.3 is 5.97 Å². The number of rotatable bonds is 7. The minimum atomic E-state index is -0.868. The van der Waals surface area contributed by atoms with E-state index in [4.69, 9.17) is 5.11 Å². The smallest absolute Gasteiger partial charge is 0.325 e. The normalized spacial score (nSPS) is 11.6. The van der Waals surface area contributed by atoms with Crippen molar-refractivity contribution in [2.75, 3.05) is 5.32 Å². The Labute approximate surface area is 108 Å². The maximum atomic E-state index is 10.9. The Bertz CT molecular complexity index is 424. The Morgan fingerprint density at radius 1 is 1.33 bits per heavy atom. The van der Waals surface area contributed by atoms with E-state index >= 15 is 0 Å². The van der Waals surface area contributed by atoms with Gasteiger partial charge < -0.3 is 10.4 Å². The lowest BCUT2D eigenvalue weighted by atomic mass is 10.0. The van der Waals surface area contributed by atoms with Crippen molar-refractivity contribution in [3.63, 3.8) is 0 Å². The third-order valence-electron chi connectivity index (χ3n) is 2.70. The van der Waals surface area contributed by atoms with Gasteiger partial charge in [0.05, 0.1) is 0 Å². The molecule has 0 aliphatic rings. The summed E-state index contributed by atoms with van der Waals surface area (Å²) in [5.74, 6) is -0.868. The van der Waals surface area contributed by atoms with Crippen molar-refractivity contribution in [1.29, 1.82) is 0 Å². The van der Waals surface area contributed by atoms with Crippen LogP contribution in [0, 0.1) is 0 Å². The summed E-state index contributed by atoms with van der Waals surface area (Å²) in [6.07, 6.45) is 5.03. The van der Waals surface area contributed by atoms with E-state index in [0.29, 0.717) is 12.8 Å². The van der Waals surface area contributed by atoms with Crippen LogP contribution in [0.15, 0.2) is 43.5 Å². The first-order valence-corrected chi connectivity index (χ1v) is 5.92. The molecule has 0 radical (unpaired) electrons. The van der Waals surface area contributed by atoms with Crippen molar-refractivity contribution < 1.29 is 9.90 Å². The zero-order chi connectivity index (χ0) is 13.5. The third-order valence-corrected chi connectivity index (χ3v) is 2.70. The van der Waals surface area contributed by atoms with Gasteiger partial charge in [0.2, 0.25) is 0 Å². The third kappa shape index (κ3) is 3.48. The average molecular weight is 245 g/mol. The molecule has 1 unspecified atom stereocenters. The van der Waals surface area contributed by atoms with Gasteiger partial charge in [-0.3, -0.25) is 4.79 Å². The van der Waals surface area contributed by atoms with E-state index in [1.165, 1.54) is 0 Å². The maximum absolute atomic E-state index is 10.9. The van der Waals surface area contributed by atoms with Gasteiger partial charge in [-0.05, 0) is 30.9 Å². The lowest BCUT2D eigenvalue weighted by molar-refractivity contribution is -0.137. The first-order chi connectivity index (χ1) is 8.60. The molecule has 1 rings (SSSR count). The highest BCUT2D eigenvalue weighted by atomic mass is 16.4. The van der Waals surface area contributed by atoms with Crippen LogP contribution in [0.1, 0.15) is 18.1 Å². The number of hydrogen-bond donors (Lipinski definition) is 2. The molecule has 0 fully saturated rings. The first kappa shape index (κ1) is 14.0. The van der Waals surface area contributed by atoms with Crippen LogP contribution >= 0.6 is 0 Å². The van der Waals surface area contributed by atoms with Crippen LogP contribution < -0.4 is 5.32 Å². The summed E-state index contributed by atoms with van der Waals surface area (Å²) < 4.78 is 0. The van der Waals surface area contributed by atoms with Crippen molar-refractivity contribution in [2.45, 2.75) is 25.8 Å². The van der Waals surface area contributed by atoms with Crippen LogP contribution in [0.25, 0.3) is 0 Å². The number of carboxylic acid groups (broad SMARTS) is 1. The number of benzene rings is 1. The molecule has 3 nitrogen and oxygen atoms in total. The van der Waals surface area contributed by atoms with E-state index in [-0.39, 0.29) is 0 Å². The van der Waals surface area contributed by atoms with Crippen molar-refractivity contribution in [3.8, 4) is 0 Å². The second kappa shape index (κ2) is 6.64. The minimum absolute atomic E-state index is 0.625. The van der Waals surface area contributed by atoms with Gasteiger partial charge in [-0.25, -0.2) is 0 Å². The Kier molecular flexibility index (Phi) is 5.18. The van der Waals surface area contributed by atoms with Gasteiger partial charge in [0.1, 0.15) is 6.04 Å². The Balaban J connectivity index is 3.12. The molecule has 96 valence electrons. The monoisotopic (exact) mass is 245 g/mol. The van der Waals surface area contributed by atoms with Crippen LogP contribution in [-0.2, 0) is 17.6 Å². The highest BCUT2D eigenvalue weighted by Gasteiger charge is 2.14. The molecule has 1 aromatic rings. The fourth-order valence-corrected chi connectivity index (χ4v) is 1.77. The van der Waals surface area contributed by atoms with Crippen molar-refractivity contribution in [1.82, 2.24) is 0 Å². The fourth-order valence-electron chi connectivity index (χ4n) is 1.77. The predicted molar refractivity (Wildman–Crippen MR) is 75.0 cm³/mol. The quantitative estimate of drug-likeness (QED) is 0.726. The van der Waals surface area contributed by atoms with Crippen LogP contribution in [0.5, 0.6) is 0 Å². The highest BCUT2D eigenvalue weighted by molar-refractivity contribution is 5.78. The predicted octanol–water partition coefficient (Wildman–Crippen LogP) is 3.03. The Hall–Kier alpha value is -2.03. The lowest BCUT2D eigenvalue weighted by Crippen LogP contribution is -2.26. The second-order valence-corrected chi connectivity index (χ2v) is 4.14. The number of carbonyl (C=O) groups is 1. The van der Waals surface area contributed by atoms with E-state index in [2.05, 4.69) is 18.5 Å². The molecule has 0 aromatic heterocycles. The molecule has 0 aliphatic carbocycles. The summed E-state index contributed by atoms with van der Waals surface area (Å²) in [7, 11) is 0. The van der Waals surface area contributed by atoms with E-state index in [1.54, 1.807) is 6.92 Å². The molecule has 2 N–H and O–H groups in total. The highest BCUT2D eigenvalue weighted by Crippen LogP contribution is 2.24. The standard InChI is InChI=1S/C15H19NO2/c1-4-7-12-9-6-10-13(8-5-2)14(12)16-11(3)15(17)18/h4-6,9-11,16H,1-2,7-8H2,3H3,(H,17,18). The molecule has 0 amide bonds. The van der Waals surface area contributed by atoms with E-state index < -0.39 is 12.0 Å². The van der Waals surface area contributed by atoms with Crippen molar-refractivity contribution >= 4 is 11.7 Å². The molecular formula is C15H19NO2. The van der Waals surface area contributed by atoms with E-state index in [1.807, 2.05) is 30.4 Å². The molecule has 3 heteroatoms. The zero-order valence-corrected chi connectivity index (χ0v) is 10.6. The molecule has 1 atom stereocenters. The van der Waals surface area contributed by atoms with Crippen LogP contribution in [0.3, 0.4) is 0 Å². The number of hydrogen-bond acceptors (Lipinski definition) is 2. The summed E-state index contributed by atoms with van der Waals surface area (Å²) in [4.78, 5) is 10.9. The summed E-state index contributed by atoms with van der Waals surface area (Å²) in [5.41, 5.74) is 2.99. The molecule has 0 heterocycles. The van der Waals surface area contributed by atoms with E-state index in [9.17, 15) is 4.79 Å². The Morgan fingerprint density at radius 2 is 1.83 bits per heavy atom. The minimum Gasteiger partial charge on any atom is -0.480 e. The van der Waals surface area contributed by atoms with Gasteiger partial charge in [0.25, 0.3) is 0 Å². The summed E-state index contributed by atoms with van der Waals surface area (Å²) in [5, 5.41) is 12.0. The number of anilines is 1. The van der Waals surface area contributed by atoms with Crippen LogP contribution in [0.4, 0.5) is 5.69 Å². The summed E-state index contributed by atoms with van der Waals surface area (Å²) >= 11 is 0. The summed E-state index contributed by atoms with van der Waals surface area (Å²) in [6.45, 7) is 9.08. The molecule has 1 aromatic carbocycles. The average Bonchev–Trinajstić information content (AvgIpc) is 2.33. The van der Waals surface area contributed by atoms with Gasteiger partial charge in [0, 0.05) is 5.69 Å². The Morgan fingerprint density at radius 3 is 2.22 bits per heavy atom. The second-order valence-electron chi connectivity index (χ2n) is 4.14. The molecule has 0 saturated heterocycles. The summed E-state index contributed by atoms with van der Waals surface area (Å²) in [6, 6.07) is 5.30. The van der Waals surface area contributed by atoms with Gasteiger partial charge in [-0.2, -0.15) is 0 Å². The first-order valence-electron chi connectivity index (χ1n) is 5.92. The zero-order valence-electron chi connectivity index (χ0n) is 10.6. The van der Waals surface area contributed by atoms with E-state index in [0.717, 1.165) is 16.8 Å². The molecule has 18 heavy (non-hydrogen) atoms. The number of aliphatic carboxylic acids is 1. The van der Waals surface area contributed by atoms with Crippen LogP contribution in [0.2, 0.25) is 0 Å². The van der Waals surface area contributed by atoms with Crippen molar-refractivity contribution in [3.05, 3.63) is 54.6 Å². The van der Waals surface area contributed by atoms with Crippen LogP contribution in [-0.4, -0.2) is 17.1 Å². The fraction of sp³-hybridized carbons (Fsp3) is 0.267. The number of nitrogens with one attached hydrogen (secondary N) is 1. The van der Waals surface area contributed by atoms with Gasteiger partial charge in [-0.1, -0.05) is 30.4 Å². The SMILES string of the molecule is C=CCc1cccc(CC=C)c1NC(C)C(=O)O. The topological polar surface area (TPSA) is 49.3 Å². The molecule has 0 aliphatic heterocycles. The number of allylic oxidation sites excluding steroid dienone is 2. The van der Waals surface area contributed by atoms with Crippen molar-refractivity contribution in [2.24, 2.45) is 0 Å². The lowest BCUT2D eigenvalue weighted by Gasteiger charge is -2.18. The van der Waals surface area contributed by atoms with Gasteiger partial charge in [-0.15, -0.1) is 13.2 Å². The largest absolute Gasteiger partial charge is 0.480 e. The molecule has 0 spiro atoms. The number of carboxylic acids is 1. The van der Waals surface area contributed by atoms with Gasteiger partial charge in [0.15, 0.2) is 0 Å². The maximum Gasteiger partial charge on any atom is 0.325 e. The molecular weight excluding hydrogens is 226 g/mol. The number of para-hydroxylation sites is 1. The molecule has 0 bridgehead atoms. The molecule has 0 saturated carbocycles.